The highest BCUT2D eigenvalue weighted by atomic mass is 32.2. The van der Waals surface area contributed by atoms with Crippen LogP contribution in [0.25, 0.3) is 11.0 Å². The van der Waals surface area contributed by atoms with Gasteiger partial charge in [-0.3, -0.25) is 4.72 Å². The standard InChI is InChI=1S/C17H19N3O2S/c1-4-13-7-5-6-12(2)17(13)19-23(21,22)14-8-9-16-15(10-14)18-11-20(16)3/h5-11,19H,4H2,1-3H3. The number of nitrogens with one attached hydrogen (secondary N) is 1. The Labute approximate surface area is 136 Å². The van der Waals surface area contributed by atoms with Crippen LogP contribution >= 0.6 is 0 Å². The van der Waals surface area contributed by atoms with Crippen molar-refractivity contribution in [1.29, 1.82) is 0 Å². The van der Waals surface area contributed by atoms with Crippen molar-refractivity contribution in [2.24, 2.45) is 7.05 Å². The average Bonchev–Trinajstić information content (AvgIpc) is 2.90. The zero-order valence-electron chi connectivity index (χ0n) is 13.4. The molecule has 0 bridgehead atoms. The lowest BCUT2D eigenvalue weighted by Gasteiger charge is -2.14. The third-order valence-corrected chi connectivity index (χ3v) is 5.33. The van der Waals surface area contributed by atoms with Crippen molar-refractivity contribution in [3.8, 4) is 0 Å². The van der Waals surface area contributed by atoms with Crippen molar-refractivity contribution in [2.45, 2.75) is 25.2 Å². The second-order valence-electron chi connectivity index (χ2n) is 5.57. The predicted molar refractivity (Wildman–Crippen MR) is 92.1 cm³/mol. The molecule has 0 radical (unpaired) electrons. The van der Waals surface area contributed by atoms with Crippen LogP contribution < -0.4 is 4.72 Å². The van der Waals surface area contributed by atoms with E-state index in [1.165, 1.54) is 0 Å². The number of rotatable bonds is 4. The summed E-state index contributed by atoms with van der Waals surface area (Å²) in [6, 6.07) is 10.8. The van der Waals surface area contributed by atoms with Gasteiger partial charge in [-0.25, -0.2) is 13.4 Å². The second kappa shape index (κ2) is 5.70. The minimum absolute atomic E-state index is 0.217. The highest BCUT2D eigenvalue weighted by Crippen LogP contribution is 2.25. The minimum Gasteiger partial charge on any atom is -0.334 e. The average molecular weight is 329 g/mol. The molecule has 0 saturated heterocycles. The van der Waals surface area contributed by atoms with Gasteiger partial charge in [0.15, 0.2) is 0 Å². The molecule has 0 amide bonds. The van der Waals surface area contributed by atoms with E-state index in [1.807, 2.05) is 43.7 Å². The van der Waals surface area contributed by atoms with Crippen LogP contribution in [0.2, 0.25) is 0 Å². The van der Waals surface area contributed by atoms with E-state index >= 15 is 0 Å². The first-order valence-corrected chi connectivity index (χ1v) is 8.93. The molecule has 0 saturated carbocycles. The molecule has 1 aromatic heterocycles. The van der Waals surface area contributed by atoms with E-state index in [2.05, 4.69) is 9.71 Å². The summed E-state index contributed by atoms with van der Waals surface area (Å²) in [6.07, 6.45) is 2.43. The van der Waals surface area contributed by atoms with Crippen LogP contribution in [-0.2, 0) is 23.5 Å². The predicted octanol–water partition coefficient (Wildman–Crippen LogP) is 3.24. The number of fused-ring (bicyclic) bond motifs is 1. The van der Waals surface area contributed by atoms with Crippen LogP contribution in [0.3, 0.4) is 0 Å². The van der Waals surface area contributed by atoms with Gasteiger partial charge in [0.05, 0.1) is 27.9 Å². The molecule has 0 atom stereocenters. The number of benzene rings is 2. The fourth-order valence-electron chi connectivity index (χ4n) is 2.65. The zero-order chi connectivity index (χ0) is 16.6. The van der Waals surface area contributed by atoms with Gasteiger partial charge in [-0.05, 0) is 42.7 Å². The third kappa shape index (κ3) is 2.82. The molecular weight excluding hydrogens is 310 g/mol. The number of anilines is 1. The molecule has 120 valence electrons. The Kier molecular flexibility index (Phi) is 3.85. The van der Waals surface area contributed by atoms with Crippen LogP contribution in [0, 0.1) is 6.92 Å². The van der Waals surface area contributed by atoms with E-state index in [1.54, 1.807) is 24.5 Å². The molecule has 23 heavy (non-hydrogen) atoms. The van der Waals surface area contributed by atoms with E-state index in [-0.39, 0.29) is 4.90 Å². The quantitative estimate of drug-likeness (QED) is 0.799. The number of hydrogen-bond acceptors (Lipinski definition) is 3. The smallest absolute Gasteiger partial charge is 0.261 e. The summed E-state index contributed by atoms with van der Waals surface area (Å²) in [6.45, 7) is 3.91. The van der Waals surface area contributed by atoms with Gasteiger partial charge in [0.2, 0.25) is 0 Å². The number of hydrogen-bond donors (Lipinski definition) is 1. The molecule has 3 rings (SSSR count). The van der Waals surface area contributed by atoms with Crippen molar-refractivity contribution in [1.82, 2.24) is 9.55 Å². The highest BCUT2D eigenvalue weighted by Gasteiger charge is 2.18. The molecule has 0 aliphatic heterocycles. The monoisotopic (exact) mass is 329 g/mol. The molecule has 0 unspecified atom stereocenters. The van der Waals surface area contributed by atoms with Gasteiger partial charge in [-0.15, -0.1) is 0 Å². The fourth-order valence-corrected chi connectivity index (χ4v) is 3.84. The Morgan fingerprint density at radius 1 is 1.22 bits per heavy atom. The van der Waals surface area contributed by atoms with Gasteiger partial charge in [0.1, 0.15) is 0 Å². The van der Waals surface area contributed by atoms with Crippen LogP contribution in [0.1, 0.15) is 18.1 Å². The summed E-state index contributed by atoms with van der Waals surface area (Å²) < 4.78 is 30.0. The Morgan fingerprint density at radius 2 is 2.00 bits per heavy atom. The summed E-state index contributed by atoms with van der Waals surface area (Å²) in [4.78, 5) is 4.44. The minimum atomic E-state index is -3.65. The molecular formula is C17H19N3O2S. The first kappa shape index (κ1) is 15.6. The Bertz CT molecular complexity index is 975. The number of sulfonamides is 1. The molecule has 1 heterocycles. The lowest BCUT2D eigenvalue weighted by atomic mass is 10.1. The van der Waals surface area contributed by atoms with Crippen LogP contribution in [0.4, 0.5) is 5.69 Å². The van der Waals surface area contributed by atoms with Crippen LogP contribution in [0.5, 0.6) is 0 Å². The number of aromatic nitrogens is 2. The summed E-state index contributed by atoms with van der Waals surface area (Å²) in [7, 11) is -1.77. The molecule has 6 heteroatoms. The molecule has 0 spiro atoms. The van der Waals surface area contributed by atoms with Crippen molar-refractivity contribution in [3.63, 3.8) is 0 Å². The van der Waals surface area contributed by atoms with Gasteiger partial charge in [0.25, 0.3) is 10.0 Å². The van der Waals surface area contributed by atoms with Gasteiger partial charge in [0, 0.05) is 7.05 Å². The van der Waals surface area contributed by atoms with Crippen LogP contribution in [0.15, 0.2) is 47.6 Å². The number of nitrogens with zero attached hydrogens (tertiary/aromatic N) is 2. The Hall–Kier alpha value is -2.34. The molecule has 0 aliphatic carbocycles. The molecule has 3 aromatic rings. The Morgan fingerprint density at radius 3 is 2.74 bits per heavy atom. The zero-order valence-corrected chi connectivity index (χ0v) is 14.2. The summed E-state index contributed by atoms with van der Waals surface area (Å²) >= 11 is 0. The summed E-state index contributed by atoms with van der Waals surface area (Å²) in [5, 5.41) is 0. The van der Waals surface area contributed by atoms with E-state index in [0.717, 1.165) is 23.1 Å². The topological polar surface area (TPSA) is 64.0 Å². The molecule has 5 nitrogen and oxygen atoms in total. The van der Waals surface area contributed by atoms with Gasteiger partial charge in [-0.1, -0.05) is 25.1 Å². The maximum absolute atomic E-state index is 12.7. The third-order valence-electron chi connectivity index (χ3n) is 3.98. The molecule has 1 N–H and O–H groups in total. The Balaban J connectivity index is 2.04. The molecule has 2 aromatic carbocycles. The summed E-state index contributed by atoms with van der Waals surface area (Å²) in [5.41, 5.74) is 4.11. The largest absolute Gasteiger partial charge is 0.334 e. The van der Waals surface area contributed by atoms with Crippen molar-refractivity contribution in [3.05, 3.63) is 53.9 Å². The maximum Gasteiger partial charge on any atom is 0.261 e. The highest BCUT2D eigenvalue weighted by molar-refractivity contribution is 7.92. The number of para-hydroxylation sites is 1. The van der Waals surface area contributed by atoms with Crippen molar-refractivity contribution < 1.29 is 8.42 Å². The van der Waals surface area contributed by atoms with Crippen LogP contribution in [-0.4, -0.2) is 18.0 Å². The van der Waals surface area contributed by atoms with E-state index < -0.39 is 10.0 Å². The maximum atomic E-state index is 12.7. The van der Waals surface area contributed by atoms with Gasteiger partial charge >= 0.3 is 0 Å². The summed E-state index contributed by atoms with van der Waals surface area (Å²) in [5.74, 6) is 0. The van der Waals surface area contributed by atoms with E-state index in [4.69, 9.17) is 0 Å². The SMILES string of the molecule is CCc1cccc(C)c1NS(=O)(=O)c1ccc2c(c1)ncn2C. The molecule has 0 aliphatic rings. The lowest BCUT2D eigenvalue weighted by molar-refractivity contribution is 0.601. The number of aryl methyl sites for hydroxylation is 3. The van der Waals surface area contributed by atoms with Gasteiger partial charge in [-0.2, -0.15) is 0 Å². The van der Waals surface area contributed by atoms with Gasteiger partial charge < -0.3 is 4.57 Å². The number of imidazole rings is 1. The normalized spacial score (nSPS) is 11.8. The van der Waals surface area contributed by atoms with E-state index in [9.17, 15) is 8.42 Å². The van der Waals surface area contributed by atoms with Crippen molar-refractivity contribution in [2.75, 3.05) is 4.72 Å². The first-order valence-electron chi connectivity index (χ1n) is 7.45. The van der Waals surface area contributed by atoms with E-state index in [0.29, 0.717) is 11.2 Å². The molecule has 0 fully saturated rings. The first-order chi connectivity index (χ1) is 10.9. The second-order valence-corrected chi connectivity index (χ2v) is 7.26. The lowest BCUT2D eigenvalue weighted by Crippen LogP contribution is -2.15. The van der Waals surface area contributed by atoms with Crippen molar-refractivity contribution >= 4 is 26.7 Å². The fraction of sp³-hybridized carbons (Fsp3) is 0.235.